The molecule has 6 rings (SSSR count). The molecular formula is C27H28N6O5. The van der Waals surface area contributed by atoms with Crippen LogP contribution in [-0.2, 0) is 0 Å². The number of rotatable bonds is 10. The third-order valence-corrected chi connectivity index (χ3v) is 6.84. The molecule has 196 valence electrons. The lowest BCUT2D eigenvalue weighted by molar-refractivity contribution is 0.101. The Hall–Kier alpha value is -4.41. The van der Waals surface area contributed by atoms with Crippen molar-refractivity contribution in [2.45, 2.75) is 38.1 Å². The predicted octanol–water partition coefficient (Wildman–Crippen LogP) is 4.80. The maximum absolute atomic E-state index is 13.1. The SMILES string of the molecule is COc1cc2nccc(Oc3ccc(NC(=O)c4nn(C5CC5)cc4OCC4CCC4)nn3)c2cc1OC. The quantitative estimate of drug-likeness (QED) is 0.317. The number of hydrogen-bond acceptors (Lipinski definition) is 9. The van der Waals surface area contributed by atoms with E-state index in [4.69, 9.17) is 18.9 Å². The van der Waals surface area contributed by atoms with E-state index in [1.165, 1.54) is 19.3 Å². The van der Waals surface area contributed by atoms with Crippen LogP contribution in [0.15, 0.2) is 42.7 Å². The Bertz CT molecular complexity index is 1460. The molecule has 38 heavy (non-hydrogen) atoms. The van der Waals surface area contributed by atoms with Crippen molar-refractivity contribution < 1.29 is 23.7 Å². The summed E-state index contributed by atoms with van der Waals surface area (Å²) in [6, 6.07) is 8.90. The van der Waals surface area contributed by atoms with Gasteiger partial charge in [-0.1, -0.05) is 6.42 Å². The average Bonchev–Trinajstić information content (AvgIpc) is 3.67. The normalized spacial score (nSPS) is 15.1. The van der Waals surface area contributed by atoms with Crippen LogP contribution < -0.4 is 24.3 Å². The number of carbonyl (C=O) groups is 1. The first-order valence-corrected chi connectivity index (χ1v) is 12.7. The van der Waals surface area contributed by atoms with Crippen LogP contribution in [0, 0.1) is 5.92 Å². The number of aromatic nitrogens is 5. The topological polar surface area (TPSA) is 123 Å². The molecule has 3 heterocycles. The van der Waals surface area contributed by atoms with E-state index in [1.54, 1.807) is 50.7 Å². The van der Waals surface area contributed by atoms with Gasteiger partial charge in [0.25, 0.3) is 5.91 Å². The van der Waals surface area contributed by atoms with Crippen molar-refractivity contribution in [3.8, 4) is 28.9 Å². The molecule has 0 saturated heterocycles. The lowest BCUT2D eigenvalue weighted by atomic mass is 9.86. The zero-order valence-electron chi connectivity index (χ0n) is 21.2. The van der Waals surface area contributed by atoms with Crippen LogP contribution in [0.25, 0.3) is 10.9 Å². The van der Waals surface area contributed by atoms with E-state index >= 15 is 0 Å². The van der Waals surface area contributed by atoms with Crippen molar-refractivity contribution in [1.82, 2.24) is 25.0 Å². The molecule has 0 bridgehead atoms. The molecule has 11 nitrogen and oxygen atoms in total. The zero-order chi connectivity index (χ0) is 26.1. The Balaban J connectivity index is 1.16. The summed E-state index contributed by atoms with van der Waals surface area (Å²) in [7, 11) is 3.14. The number of ether oxygens (including phenoxy) is 4. The van der Waals surface area contributed by atoms with Gasteiger partial charge in [-0.15, -0.1) is 10.2 Å². The molecule has 3 aromatic heterocycles. The minimum atomic E-state index is -0.392. The van der Waals surface area contributed by atoms with Gasteiger partial charge in [0.15, 0.2) is 28.8 Å². The van der Waals surface area contributed by atoms with Gasteiger partial charge in [0.2, 0.25) is 5.88 Å². The summed E-state index contributed by atoms with van der Waals surface area (Å²) >= 11 is 0. The fourth-order valence-electron chi connectivity index (χ4n) is 4.30. The summed E-state index contributed by atoms with van der Waals surface area (Å²) in [6.07, 6.45) is 9.16. The minimum Gasteiger partial charge on any atom is -0.493 e. The number of anilines is 1. The summed E-state index contributed by atoms with van der Waals surface area (Å²) < 4.78 is 24.6. The van der Waals surface area contributed by atoms with Gasteiger partial charge in [0, 0.05) is 23.7 Å². The number of benzene rings is 1. The van der Waals surface area contributed by atoms with Crippen molar-refractivity contribution in [3.05, 3.63) is 48.4 Å². The first kappa shape index (κ1) is 24.0. The Morgan fingerprint density at radius 2 is 1.82 bits per heavy atom. The predicted molar refractivity (Wildman–Crippen MR) is 138 cm³/mol. The molecule has 2 aliphatic rings. The lowest BCUT2D eigenvalue weighted by Gasteiger charge is -2.24. The summed E-state index contributed by atoms with van der Waals surface area (Å²) in [4.78, 5) is 17.4. The van der Waals surface area contributed by atoms with Gasteiger partial charge in [-0.25, -0.2) is 0 Å². The van der Waals surface area contributed by atoms with E-state index in [0.29, 0.717) is 47.1 Å². The lowest BCUT2D eigenvalue weighted by Crippen LogP contribution is -2.21. The molecule has 2 saturated carbocycles. The van der Waals surface area contributed by atoms with Crippen LogP contribution in [-0.4, -0.2) is 51.7 Å². The summed E-state index contributed by atoms with van der Waals surface area (Å²) in [5, 5.41) is 16.2. The Morgan fingerprint density at radius 1 is 1.00 bits per heavy atom. The van der Waals surface area contributed by atoms with Crippen molar-refractivity contribution in [3.63, 3.8) is 0 Å². The van der Waals surface area contributed by atoms with Gasteiger partial charge >= 0.3 is 0 Å². The van der Waals surface area contributed by atoms with Gasteiger partial charge in [-0.05, 0) is 49.8 Å². The van der Waals surface area contributed by atoms with Crippen molar-refractivity contribution in [2.24, 2.45) is 5.92 Å². The third kappa shape index (κ3) is 4.91. The van der Waals surface area contributed by atoms with E-state index in [9.17, 15) is 4.79 Å². The molecule has 11 heteroatoms. The molecule has 0 spiro atoms. The Kier molecular flexibility index (Phi) is 6.40. The summed E-state index contributed by atoms with van der Waals surface area (Å²) in [5.41, 5.74) is 0.934. The molecular weight excluding hydrogens is 488 g/mol. The zero-order valence-corrected chi connectivity index (χ0v) is 21.2. The van der Waals surface area contributed by atoms with E-state index in [-0.39, 0.29) is 17.4 Å². The highest BCUT2D eigenvalue weighted by Gasteiger charge is 2.29. The smallest absolute Gasteiger partial charge is 0.281 e. The summed E-state index contributed by atoms with van der Waals surface area (Å²) in [5.74, 6) is 2.86. The van der Waals surface area contributed by atoms with Crippen LogP contribution >= 0.6 is 0 Å². The van der Waals surface area contributed by atoms with Gasteiger partial charge in [0.05, 0.1) is 38.6 Å². The van der Waals surface area contributed by atoms with E-state index in [1.807, 2.05) is 10.9 Å². The number of nitrogens with one attached hydrogen (secondary N) is 1. The van der Waals surface area contributed by atoms with Crippen LogP contribution in [0.2, 0.25) is 0 Å². The minimum absolute atomic E-state index is 0.256. The van der Waals surface area contributed by atoms with Gasteiger partial charge in [-0.2, -0.15) is 5.10 Å². The molecule has 2 aliphatic carbocycles. The maximum Gasteiger partial charge on any atom is 0.281 e. The molecule has 0 atom stereocenters. The Labute approximate surface area is 219 Å². The van der Waals surface area contributed by atoms with E-state index < -0.39 is 5.91 Å². The molecule has 2 fully saturated rings. The monoisotopic (exact) mass is 516 g/mol. The van der Waals surface area contributed by atoms with Gasteiger partial charge in [-0.3, -0.25) is 14.5 Å². The van der Waals surface area contributed by atoms with E-state index in [0.717, 1.165) is 18.2 Å². The first-order chi connectivity index (χ1) is 18.6. The van der Waals surface area contributed by atoms with Crippen LogP contribution in [0.3, 0.4) is 0 Å². The third-order valence-electron chi connectivity index (χ3n) is 6.84. The van der Waals surface area contributed by atoms with Crippen LogP contribution in [0.5, 0.6) is 28.9 Å². The number of carbonyl (C=O) groups excluding carboxylic acids is 1. The number of nitrogens with zero attached hydrogens (tertiary/aromatic N) is 5. The highest BCUT2D eigenvalue weighted by atomic mass is 16.5. The molecule has 1 amide bonds. The number of fused-ring (bicyclic) bond motifs is 1. The highest BCUT2D eigenvalue weighted by molar-refractivity contribution is 6.04. The number of pyridine rings is 1. The molecule has 4 aromatic rings. The second kappa shape index (κ2) is 10.2. The Morgan fingerprint density at radius 3 is 2.50 bits per heavy atom. The first-order valence-electron chi connectivity index (χ1n) is 12.7. The number of hydrogen-bond donors (Lipinski definition) is 1. The van der Waals surface area contributed by atoms with Gasteiger partial charge in [0.1, 0.15) is 5.75 Å². The fourth-order valence-corrected chi connectivity index (χ4v) is 4.30. The average molecular weight is 517 g/mol. The molecule has 0 radical (unpaired) electrons. The van der Waals surface area contributed by atoms with Crippen LogP contribution in [0.4, 0.5) is 5.82 Å². The molecule has 0 aliphatic heterocycles. The van der Waals surface area contributed by atoms with Crippen molar-refractivity contribution in [2.75, 3.05) is 26.1 Å². The van der Waals surface area contributed by atoms with E-state index in [2.05, 4.69) is 25.6 Å². The summed E-state index contributed by atoms with van der Waals surface area (Å²) in [6.45, 7) is 0.602. The highest BCUT2D eigenvalue weighted by Crippen LogP contribution is 2.38. The second-order valence-corrected chi connectivity index (χ2v) is 9.51. The number of amides is 1. The standard InChI is InChI=1S/C27H28N6O5/c1-35-21-12-18-19(13-22(21)36-2)28-11-10-20(18)38-25-9-8-24(30-31-25)29-27(34)26-23(37-15-16-4-3-5-16)14-33(32-26)17-6-7-17/h8-14,16-17H,3-7,15H2,1-2H3,(H,29,30,34). The van der Waals surface area contributed by atoms with Crippen molar-refractivity contribution in [1.29, 1.82) is 0 Å². The molecule has 1 N–H and O–H groups in total. The molecule has 1 aromatic carbocycles. The van der Waals surface area contributed by atoms with Crippen LogP contribution in [0.1, 0.15) is 48.6 Å². The molecule has 0 unspecified atom stereocenters. The second-order valence-electron chi connectivity index (χ2n) is 9.51. The maximum atomic E-state index is 13.1. The van der Waals surface area contributed by atoms with Gasteiger partial charge < -0.3 is 24.3 Å². The fraction of sp³-hybridized carbons (Fsp3) is 0.370. The number of methoxy groups -OCH3 is 2. The van der Waals surface area contributed by atoms with Crippen molar-refractivity contribution >= 4 is 22.6 Å². The largest absolute Gasteiger partial charge is 0.493 e.